The number of nitrogens with zero attached hydrogens (tertiary/aromatic N) is 4. The summed E-state index contributed by atoms with van der Waals surface area (Å²) in [4.78, 5) is 42.7. The molecule has 2 aromatic heterocycles. The third kappa shape index (κ3) is 6.58. The number of rotatable bonds is 8. The second kappa shape index (κ2) is 11.7. The van der Waals surface area contributed by atoms with Crippen molar-refractivity contribution in [3.05, 3.63) is 57.1 Å². The molecule has 1 aliphatic heterocycles. The molecule has 1 aromatic carbocycles. The van der Waals surface area contributed by atoms with Gasteiger partial charge in [-0.15, -0.1) is 10.2 Å². The highest BCUT2D eigenvalue weighted by Gasteiger charge is 2.24. The first kappa shape index (κ1) is 26.9. The molecule has 35 heavy (non-hydrogen) atoms. The number of anilines is 2. The van der Waals surface area contributed by atoms with E-state index in [1.165, 1.54) is 0 Å². The van der Waals surface area contributed by atoms with Gasteiger partial charge in [-0.3, -0.25) is 14.6 Å². The minimum Gasteiger partial charge on any atom is -0.480 e. The molecular formula is C20H29N11O4. The highest BCUT2D eigenvalue weighted by molar-refractivity contribution is 5.96. The number of H-pyrrole nitrogens is 2. The monoisotopic (exact) mass is 487 g/mol. The Hall–Kier alpha value is -4.37. The molecule has 13 N–H and O–H groups in total. The van der Waals surface area contributed by atoms with Crippen LogP contribution in [-0.4, -0.2) is 60.2 Å². The van der Waals surface area contributed by atoms with Gasteiger partial charge in [-0.1, -0.05) is 17.3 Å². The van der Waals surface area contributed by atoms with Gasteiger partial charge in [0, 0.05) is 18.5 Å². The van der Waals surface area contributed by atoms with E-state index in [2.05, 4.69) is 41.2 Å². The maximum atomic E-state index is 12.5. The van der Waals surface area contributed by atoms with Crippen LogP contribution in [-0.2, 0) is 24.1 Å². The molecule has 0 bridgehead atoms. The summed E-state index contributed by atoms with van der Waals surface area (Å²) in [6, 6.07) is 5.81. The van der Waals surface area contributed by atoms with E-state index in [0.717, 1.165) is 18.4 Å². The molecule has 0 spiro atoms. The van der Waals surface area contributed by atoms with Crippen LogP contribution in [0.15, 0.2) is 29.1 Å². The van der Waals surface area contributed by atoms with Gasteiger partial charge in [0.2, 0.25) is 5.95 Å². The fourth-order valence-corrected chi connectivity index (χ4v) is 3.74. The van der Waals surface area contributed by atoms with Crippen molar-refractivity contribution in [2.24, 2.45) is 5.92 Å². The van der Waals surface area contributed by atoms with Crippen LogP contribution < -0.4 is 34.2 Å². The van der Waals surface area contributed by atoms with Crippen LogP contribution in [0.3, 0.4) is 0 Å². The number of nitrogens with two attached hydrogens (primary N) is 1. The van der Waals surface area contributed by atoms with E-state index in [-0.39, 0.29) is 42.0 Å². The number of carbonyl (C=O) groups is 2. The van der Waals surface area contributed by atoms with E-state index in [1.54, 1.807) is 12.1 Å². The molecule has 15 heteroatoms. The molecule has 188 valence electrons. The number of nitrogen functional groups attached to an aromatic ring is 1. The Kier molecular flexibility index (Phi) is 8.96. The highest BCUT2D eigenvalue weighted by Crippen LogP contribution is 2.23. The van der Waals surface area contributed by atoms with Crippen LogP contribution >= 0.6 is 0 Å². The molecule has 2 atom stereocenters. The summed E-state index contributed by atoms with van der Waals surface area (Å²) in [5.41, 5.74) is 7.36. The summed E-state index contributed by atoms with van der Waals surface area (Å²) in [5, 5.41) is 28.1. The number of nitrogens with one attached hydrogen (secondary N) is 4. The van der Waals surface area contributed by atoms with Gasteiger partial charge >= 0.3 is 5.97 Å². The van der Waals surface area contributed by atoms with Gasteiger partial charge in [0.25, 0.3) is 11.5 Å². The number of aliphatic carboxylic acids is 1. The van der Waals surface area contributed by atoms with Crippen molar-refractivity contribution in [1.82, 2.24) is 48.2 Å². The molecule has 0 fully saturated rings. The van der Waals surface area contributed by atoms with Gasteiger partial charge in [0.15, 0.2) is 5.82 Å². The third-order valence-corrected chi connectivity index (χ3v) is 5.52. The van der Waals surface area contributed by atoms with Crippen molar-refractivity contribution in [3.63, 3.8) is 0 Å². The van der Waals surface area contributed by atoms with Gasteiger partial charge < -0.3 is 33.8 Å². The zero-order chi connectivity index (χ0) is 23.4. The summed E-state index contributed by atoms with van der Waals surface area (Å²) in [7, 11) is 0. The van der Waals surface area contributed by atoms with E-state index in [4.69, 9.17) is 5.73 Å². The lowest BCUT2D eigenvalue weighted by Gasteiger charge is -2.24. The number of carboxylic acid groups (broad SMARTS) is 1. The fraction of sp³-hybridized carbons (Fsp3) is 0.350. The van der Waals surface area contributed by atoms with Crippen LogP contribution in [0.4, 0.5) is 11.8 Å². The van der Waals surface area contributed by atoms with E-state index in [0.29, 0.717) is 29.9 Å². The lowest BCUT2D eigenvalue weighted by molar-refractivity contribution is -0.139. The van der Waals surface area contributed by atoms with Crippen molar-refractivity contribution in [1.29, 1.82) is 0 Å². The van der Waals surface area contributed by atoms with Gasteiger partial charge in [-0.2, -0.15) is 10.2 Å². The first-order chi connectivity index (χ1) is 15.9. The number of carbonyl (C=O) groups excluding carboxylic acids is 1. The van der Waals surface area contributed by atoms with Gasteiger partial charge in [0.05, 0.1) is 5.56 Å². The largest absolute Gasteiger partial charge is 0.480 e. The molecule has 1 aliphatic rings. The number of hydrogen-bond donors (Lipinski definition) is 8. The molecule has 15 nitrogen and oxygen atoms in total. The molecule has 0 saturated carbocycles. The minimum absolute atomic E-state index is 0. The summed E-state index contributed by atoms with van der Waals surface area (Å²) < 4.78 is 0. The molecule has 4 rings (SSSR count). The first-order valence-electron chi connectivity index (χ1n) is 10.4. The lowest BCUT2D eigenvalue weighted by Crippen LogP contribution is -2.42. The van der Waals surface area contributed by atoms with Gasteiger partial charge in [0.1, 0.15) is 11.9 Å². The second-order valence-corrected chi connectivity index (χ2v) is 7.86. The predicted octanol–water partition coefficient (Wildman–Crippen LogP) is -0.168. The van der Waals surface area contributed by atoms with Gasteiger partial charge in [-0.25, -0.2) is 4.79 Å². The number of hydrogen-bond acceptors (Lipinski definition) is 11. The maximum Gasteiger partial charge on any atom is 0.326 e. The number of carboxylic acids is 1. The minimum atomic E-state index is -1.19. The quantitative estimate of drug-likeness (QED) is 0.205. The summed E-state index contributed by atoms with van der Waals surface area (Å²) in [6.45, 7) is 0.695. The summed E-state index contributed by atoms with van der Waals surface area (Å²) >= 11 is 0. The Morgan fingerprint density at radius 1 is 1.23 bits per heavy atom. The molecule has 3 aromatic rings. The Morgan fingerprint density at radius 2 is 1.97 bits per heavy atom. The Labute approximate surface area is 199 Å². The molecule has 2 unspecified atom stereocenters. The first-order valence-corrected chi connectivity index (χ1v) is 10.4. The van der Waals surface area contributed by atoms with E-state index >= 15 is 0 Å². The Bertz CT molecular complexity index is 1190. The van der Waals surface area contributed by atoms with Crippen LogP contribution in [0.2, 0.25) is 0 Å². The van der Waals surface area contributed by atoms with Crippen molar-refractivity contribution in [3.8, 4) is 0 Å². The SMILES string of the molecule is N.N.Nc1nc2c(c(=O)[nH]1)CC(CCc1ccc(C(=O)NC(Cc3nn[nH]n3)C(=O)O)cc1)CN2. The topological polar surface area (TPSA) is 275 Å². The molecule has 3 heterocycles. The maximum absolute atomic E-state index is 12.5. The number of aryl methyl sites for hydroxylation is 1. The van der Waals surface area contributed by atoms with Crippen molar-refractivity contribution in [2.45, 2.75) is 31.7 Å². The Balaban J connectivity index is 0.00000216. The Morgan fingerprint density at radius 3 is 2.63 bits per heavy atom. The number of aromatic amines is 2. The van der Waals surface area contributed by atoms with Crippen molar-refractivity contribution in [2.75, 3.05) is 17.6 Å². The molecule has 0 aliphatic carbocycles. The van der Waals surface area contributed by atoms with E-state index < -0.39 is 17.9 Å². The molecule has 0 radical (unpaired) electrons. The number of benzene rings is 1. The van der Waals surface area contributed by atoms with Crippen LogP contribution in [0.5, 0.6) is 0 Å². The summed E-state index contributed by atoms with van der Waals surface area (Å²) in [5.74, 6) is -0.603. The average Bonchev–Trinajstić information content (AvgIpc) is 3.31. The third-order valence-electron chi connectivity index (χ3n) is 5.52. The predicted molar refractivity (Wildman–Crippen MR) is 127 cm³/mol. The number of fused-ring (bicyclic) bond motifs is 1. The molecule has 1 amide bonds. The fourth-order valence-electron chi connectivity index (χ4n) is 3.74. The number of aromatic nitrogens is 6. The molecular weight excluding hydrogens is 458 g/mol. The van der Waals surface area contributed by atoms with Crippen LogP contribution in [0.1, 0.15) is 33.7 Å². The van der Waals surface area contributed by atoms with Crippen molar-refractivity contribution >= 4 is 23.6 Å². The smallest absolute Gasteiger partial charge is 0.326 e. The van der Waals surface area contributed by atoms with Gasteiger partial charge in [-0.05, 0) is 42.9 Å². The molecule has 0 saturated heterocycles. The van der Waals surface area contributed by atoms with E-state index in [1.807, 2.05) is 12.1 Å². The average molecular weight is 488 g/mol. The standard InChI is InChI=1S/C20H23N9O4.2H3N/c21-20-24-16-13(18(31)25-20)7-11(9-22-16)2-1-10-3-5-12(6-4-10)17(30)23-14(19(32)33)8-15-26-28-29-27-15;;/h3-6,11,14H,1-2,7-9H2,(H,23,30)(H,32,33)(H,26,27,28,29)(H4,21,22,24,25,31);2*1H3. The number of tetrazole rings is 1. The lowest BCUT2D eigenvalue weighted by atomic mass is 9.91. The van der Waals surface area contributed by atoms with Crippen LogP contribution in [0, 0.1) is 5.92 Å². The highest BCUT2D eigenvalue weighted by atomic mass is 16.4. The zero-order valence-corrected chi connectivity index (χ0v) is 19.0. The zero-order valence-electron chi connectivity index (χ0n) is 19.0. The summed E-state index contributed by atoms with van der Waals surface area (Å²) in [6.07, 6.45) is 2.13. The second-order valence-electron chi connectivity index (χ2n) is 7.86. The van der Waals surface area contributed by atoms with E-state index in [9.17, 15) is 19.5 Å². The van der Waals surface area contributed by atoms with Crippen molar-refractivity contribution < 1.29 is 14.7 Å². The number of amides is 1. The van der Waals surface area contributed by atoms with Crippen LogP contribution in [0.25, 0.3) is 0 Å². The normalized spacial score (nSPS) is 14.9.